The van der Waals surface area contributed by atoms with Crippen molar-refractivity contribution in [3.05, 3.63) is 93.2 Å². The molecule has 0 saturated carbocycles. The molecule has 0 fully saturated rings. The molecule has 30 heavy (non-hydrogen) atoms. The van der Waals surface area contributed by atoms with Crippen molar-refractivity contribution in [2.45, 2.75) is 13.0 Å². The number of benzene rings is 3. The topological polar surface area (TPSA) is 38.8 Å². The third kappa shape index (κ3) is 4.53. The van der Waals surface area contributed by atoms with Gasteiger partial charge in [0.05, 0.1) is 0 Å². The largest absolute Gasteiger partial charge is 0.454 e. The maximum atomic E-state index is 14.3. The van der Waals surface area contributed by atoms with Gasteiger partial charge in [-0.3, -0.25) is 4.79 Å². The molecule has 0 radical (unpaired) electrons. The van der Waals surface area contributed by atoms with Gasteiger partial charge in [0.15, 0.2) is 11.5 Å². The van der Waals surface area contributed by atoms with Gasteiger partial charge in [-0.25, -0.2) is 4.39 Å². The highest BCUT2D eigenvalue weighted by Crippen LogP contribution is 2.33. The van der Waals surface area contributed by atoms with E-state index in [9.17, 15) is 9.18 Å². The molecule has 4 nitrogen and oxygen atoms in total. The van der Waals surface area contributed by atoms with Crippen molar-refractivity contribution in [1.29, 1.82) is 0 Å². The highest BCUT2D eigenvalue weighted by atomic mass is 35.5. The molecule has 0 saturated heterocycles. The van der Waals surface area contributed by atoms with Crippen molar-refractivity contribution in [1.82, 2.24) is 4.90 Å². The van der Waals surface area contributed by atoms with E-state index in [0.717, 1.165) is 5.56 Å². The number of halogens is 3. The Kier molecular flexibility index (Phi) is 6.11. The molecule has 4 rings (SSSR count). The van der Waals surface area contributed by atoms with E-state index in [2.05, 4.69) is 0 Å². The number of ether oxygens (including phenoxy) is 2. The molecule has 3 aromatic rings. The highest BCUT2D eigenvalue weighted by Gasteiger charge is 2.21. The number of nitrogens with zero attached hydrogens (tertiary/aromatic N) is 1. The minimum atomic E-state index is -0.356. The zero-order valence-corrected chi connectivity index (χ0v) is 17.4. The van der Waals surface area contributed by atoms with Crippen LogP contribution in [-0.4, -0.2) is 24.1 Å². The lowest BCUT2D eigenvalue weighted by atomic mass is 10.1. The molecule has 0 aromatic heterocycles. The third-order valence-electron chi connectivity index (χ3n) is 4.89. The molecule has 1 heterocycles. The Morgan fingerprint density at radius 2 is 1.77 bits per heavy atom. The average Bonchev–Trinajstić information content (AvgIpc) is 3.21. The molecule has 1 aliphatic heterocycles. The highest BCUT2D eigenvalue weighted by molar-refractivity contribution is 6.35. The zero-order valence-electron chi connectivity index (χ0n) is 15.9. The van der Waals surface area contributed by atoms with Crippen LogP contribution < -0.4 is 9.47 Å². The van der Waals surface area contributed by atoms with Crippen LogP contribution in [0.4, 0.5) is 4.39 Å². The van der Waals surface area contributed by atoms with Gasteiger partial charge < -0.3 is 14.4 Å². The van der Waals surface area contributed by atoms with Crippen LogP contribution in [0.1, 0.15) is 21.5 Å². The molecule has 7 heteroatoms. The first-order chi connectivity index (χ1) is 14.5. The van der Waals surface area contributed by atoms with E-state index in [1.807, 2.05) is 6.07 Å². The minimum Gasteiger partial charge on any atom is -0.454 e. The molecule has 0 bridgehead atoms. The second-order valence-corrected chi connectivity index (χ2v) is 7.72. The lowest BCUT2D eigenvalue weighted by Crippen LogP contribution is -2.33. The summed E-state index contributed by atoms with van der Waals surface area (Å²) in [6, 6.07) is 16.7. The summed E-state index contributed by atoms with van der Waals surface area (Å²) in [5.74, 6) is 0.528. The van der Waals surface area contributed by atoms with Gasteiger partial charge in [0, 0.05) is 34.3 Å². The molecular weight excluding hydrogens is 428 g/mol. The third-order valence-corrected chi connectivity index (χ3v) is 5.48. The Balaban J connectivity index is 1.59. The lowest BCUT2D eigenvalue weighted by Gasteiger charge is -2.24. The summed E-state index contributed by atoms with van der Waals surface area (Å²) in [5, 5.41) is 1.08. The predicted octanol–water partition coefficient (Wildman–Crippen LogP) is 5.75. The van der Waals surface area contributed by atoms with Gasteiger partial charge >= 0.3 is 0 Å². The van der Waals surface area contributed by atoms with Crippen LogP contribution in [0.25, 0.3) is 0 Å². The van der Waals surface area contributed by atoms with E-state index in [1.165, 1.54) is 6.07 Å². The smallest absolute Gasteiger partial charge is 0.254 e. The molecule has 1 aliphatic rings. The first kappa shape index (κ1) is 20.5. The number of carbonyl (C=O) groups is 1. The summed E-state index contributed by atoms with van der Waals surface area (Å²) in [5.41, 5.74) is 1.74. The van der Waals surface area contributed by atoms with Crippen molar-refractivity contribution in [3.63, 3.8) is 0 Å². The molecule has 0 spiro atoms. The van der Waals surface area contributed by atoms with Gasteiger partial charge in [-0.1, -0.05) is 47.5 Å². The van der Waals surface area contributed by atoms with Crippen LogP contribution in [0.5, 0.6) is 11.5 Å². The summed E-state index contributed by atoms with van der Waals surface area (Å²) >= 11 is 12.2. The van der Waals surface area contributed by atoms with E-state index in [0.29, 0.717) is 45.6 Å². The Hall–Kier alpha value is -2.76. The average molecular weight is 446 g/mol. The summed E-state index contributed by atoms with van der Waals surface area (Å²) < 4.78 is 24.9. The Morgan fingerprint density at radius 3 is 2.57 bits per heavy atom. The molecule has 0 atom stereocenters. The summed E-state index contributed by atoms with van der Waals surface area (Å²) in [4.78, 5) is 14.9. The predicted molar refractivity (Wildman–Crippen MR) is 114 cm³/mol. The van der Waals surface area contributed by atoms with E-state index >= 15 is 0 Å². The first-order valence-corrected chi connectivity index (χ1v) is 10.1. The second-order valence-electron chi connectivity index (χ2n) is 6.87. The van der Waals surface area contributed by atoms with Crippen molar-refractivity contribution in [2.75, 3.05) is 13.3 Å². The number of hydrogen-bond acceptors (Lipinski definition) is 3. The standard InChI is InChI=1S/C23H18Cl2FNO3/c24-18-7-5-15(19(25)12-18)9-10-27(13-17-3-1-2-4-20(17)26)23(28)16-6-8-21-22(11-16)30-14-29-21/h1-8,11-12H,9-10,13-14H2. The van der Waals surface area contributed by atoms with Crippen LogP contribution in [0.2, 0.25) is 10.0 Å². The van der Waals surface area contributed by atoms with Crippen molar-refractivity contribution < 1.29 is 18.7 Å². The van der Waals surface area contributed by atoms with Gasteiger partial charge in [0.25, 0.3) is 5.91 Å². The Labute approximate surface area is 183 Å². The van der Waals surface area contributed by atoms with Gasteiger partial charge in [-0.05, 0) is 48.4 Å². The van der Waals surface area contributed by atoms with Crippen LogP contribution >= 0.6 is 23.2 Å². The van der Waals surface area contributed by atoms with E-state index in [-0.39, 0.29) is 25.1 Å². The van der Waals surface area contributed by atoms with Crippen LogP contribution in [-0.2, 0) is 13.0 Å². The van der Waals surface area contributed by atoms with Gasteiger partial charge in [0.2, 0.25) is 6.79 Å². The van der Waals surface area contributed by atoms with Crippen molar-refractivity contribution in [3.8, 4) is 11.5 Å². The van der Waals surface area contributed by atoms with Crippen LogP contribution in [0.15, 0.2) is 60.7 Å². The first-order valence-electron chi connectivity index (χ1n) is 9.37. The van der Waals surface area contributed by atoms with Gasteiger partial charge in [0.1, 0.15) is 5.82 Å². The number of amides is 1. The second kappa shape index (κ2) is 8.94. The lowest BCUT2D eigenvalue weighted by molar-refractivity contribution is 0.0743. The molecular formula is C23H18Cl2FNO3. The molecule has 0 N–H and O–H groups in total. The zero-order chi connectivity index (χ0) is 21.1. The molecule has 1 amide bonds. The number of rotatable bonds is 6. The van der Waals surface area contributed by atoms with Gasteiger partial charge in [-0.2, -0.15) is 0 Å². The molecule has 0 aliphatic carbocycles. The molecule has 0 unspecified atom stereocenters. The van der Waals surface area contributed by atoms with Crippen molar-refractivity contribution >= 4 is 29.1 Å². The summed E-state index contributed by atoms with van der Waals surface area (Å²) in [6.45, 7) is 0.606. The van der Waals surface area contributed by atoms with Crippen LogP contribution in [0, 0.1) is 5.82 Å². The fraction of sp³-hybridized carbons (Fsp3) is 0.174. The Bertz CT molecular complexity index is 1090. The number of carbonyl (C=O) groups excluding carboxylic acids is 1. The van der Waals surface area contributed by atoms with Crippen LogP contribution in [0.3, 0.4) is 0 Å². The SMILES string of the molecule is O=C(c1ccc2c(c1)OCO2)N(CCc1ccc(Cl)cc1Cl)Cc1ccccc1F. The number of fused-ring (bicyclic) bond motifs is 1. The molecule has 154 valence electrons. The Morgan fingerprint density at radius 1 is 0.967 bits per heavy atom. The molecule has 3 aromatic carbocycles. The fourth-order valence-electron chi connectivity index (χ4n) is 3.28. The summed E-state index contributed by atoms with van der Waals surface area (Å²) in [7, 11) is 0. The maximum absolute atomic E-state index is 14.3. The fourth-order valence-corrected chi connectivity index (χ4v) is 3.78. The minimum absolute atomic E-state index is 0.126. The normalized spacial score (nSPS) is 12.1. The van der Waals surface area contributed by atoms with E-state index in [4.69, 9.17) is 32.7 Å². The van der Waals surface area contributed by atoms with E-state index < -0.39 is 0 Å². The van der Waals surface area contributed by atoms with Crippen molar-refractivity contribution in [2.24, 2.45) is 0 Å². The number of hydrogen-bond donors (Lipinski definition) is 0. The van der Waals surface area contributed by atoms with E-state index in [1.54, 1.807) is 53.4 Å². The monoisotopic (exact) mass is 445 g/mol. The van der Waals surface area contributed by atoms with Gasteiger partial charge in [-0.15, -0.1) is 0 Å². The maximum Gasteiger partial charge on any atom is 0.254 e. The quantitative estimate of drug-likeness (QED) is 0.484. The summed E-state index contributed by atoms with van der Waals surface area (Å²) in [6.07, 6.45) is 0.501.